The summed E-state index contributed by atoms with van der Waals surface area (Å²) in [6.07, 6.45) is 6.51. The highest BCUT2D eigenvalue weighted by Crippen LogP contribution is 2.19. The summed E-state index contributed by atoms with van der Waals surface area (Å²) >= 11 is 0. The van der Waals surface area contributed by atoms with E-state index in [2.05, 4.69) is 61.2 Å². The zero-order valence-electron chi connectivity index (χ0n) is 17.5. The van der Waals surface area contributed by atoms with Crippen molar-refractivity contribution in [2.24, 2.45) is 4.99 Å². The fourth-order valence-electron chi connectivity index (χ4n) is 3.73. The van der Waals surface area contributed by atoms with E-state index in [1.165, 1.54) is 24.9 Å². The molecule has 1 aliphatic heterocycles. The molecule has 1 aromatic carbocycles. The molecule has 2 aromatic rings. The van der Waals surface area contributed by atoms with Gasteiger partial charge in [0.2, 0.25) is 0 Å². The fraction of sp³-hybridized carbons (Fsp3) is 0.478. The van der Waals surface area contributed by atoms with Gasteiger partial charge in [-0.3, -0.25) is 9.89 Å². The molecule has 1 aromatic heterocycles. The summed E-state index contributed by atoms with van der Waals surface area (Å²) in [7, 11) is 1.84. The number of aromatic nitrogens is 1. The Bertz CT molecular complexity index is 719. The predicted molar refractivity (Wildman–Crippen MR) is 121 cm³/mol. The van der Waals surface area contributed by atoms with Gasteiger partial charge in [-0.25, -0.2) is 4.98 Å². The van der Waals surface area contributed by atoms with E-state index in [0.717, 1.165) is 50.8 Å². The first-order chi connectivity index (χ1) is 14.3. The number of unbranched alkanes of at least 4 members (excludes halogenated alkanes) is 1. The molecule has 1 aliphatic rings. The Balaban J connectivity index is 1.30. The van der Waals surface area contributed by atoms with Gasteiger partial charge >= 0.3 is 0 Å². The lowest BCUT2D eigenvalue weighted by molar-refractivity contribution is 0.245. The Morgan fingerprint density at radius 2 is 1.90 bits per heavy atom. The molecule has 1 saturated heterocycles. The highest BCUT2D eigenvalue weighted by Gasteiger charge is 2.24. The van der Waals surface area contributed by atoms with Crippen molar-refractivity contribution < 1.29 is 0 Å². The molecule has 6 nitrogen and oxygen atoms in total. The Kier molecular flexibility index (Phi) is 8.79. The Labute approximate surface area is 174 Å². The summed E-state index contributed by atoms with van der Waals surface area (Å²) in [4.78, 5) is 11.2. The van der Waals surface area contributed by atoms with Crippen LogP contribution in [0.5, 0.6) is 0 Å². The summed E-state index contributed by atoms with van der Waals surface area (Å²) < 4.78 is 0. The van der Waals surface area contributed by atoms with Crippen molar-refractivity contribution in [3.05, 3.63) is 60.3 Å². The predicted octanol–water partition coefficient (Wildman–Crippen LogP) is 3.10. The third-order valence-electron chi connectivity index (χ3n) is 5.32. The molecule has 3 rings (SSSR count). The van der Waals surface area contributed by atoms with Crippen LogP contribution in [0.25, 0.3) is 0 Å². The van der Waals surface area contributed by atoms with Crippen LogP contribution >= 0.6 is 0 Å². The van der Waals surface area contributed by atoms with Gasteiger partial charge in [-0.15, -0.1) is 0 Å². The molecule has 3 N–H and O–H groups in total. The number of anilines is 1. The Morgan fingerprint density at radius 3 is 2.69 bits per heavy atom. The molecule has 6 heteroatoms. The molecule has 156 valence electrons. The van der Waals surface area contributed by atoms with Crippen LogP contribution in [0.15, 0.2) is 59.7 Å². The first kappa shape index (κ1) is 21.1. The van der Waals surface area contributed by atoms with Crippen LogP contribution in [-0.2, 0) is 6.54 Å². The quantitative estimate of drug-likeness (QED) is 0.328. The minimum Gasteiger partial charge on any atom is -0.370 e. The molecule has 0 amide bonds. The van der Waals surface area contributed by atoms with Gasteiger partial charge in [0.25, 0.3) is 0 Å². The van der Waals surface area contributed by atoms with Crippen LogP contribution in [0.2, 0.25) is 0 Å². The highest BCUT2D eigenvalue weighted by atomic mass is 15.2. The number of likely N-dealkylation sites (tertiary alicyclic amines) is 1. The SMILES string of the molecule is CN=C(NCCCCNc1ccccn1)NCC1CCCN1Cc1ccccc1. The summed E-state index contributed by atoms with van der Waals surface area (Å²) in [6.45, 7) is 5.00. The normalized spacial score (nSPS) is 17.3. The maximum atomic E-state index is 4.37. The molecule has 0 bridgehead atoms. The molecular formula is C23H34N6. The second kappa shape index (κ2) is 12.1. The van der Waals surface area contributed by atoms with Crippen molar-refractivity contribution in [3.8, 4) is 0 Å². The number of nitrogens with zero attached hydrogens (tertiary/aromatic N) is 3. The van der Waals surface area contributed by atoms with Crippen molar-refractivity contribution in [1.29, 1.82) is 0 Å². The van der Waals surface area contributed by atoms with Gasteiger partial charge < -0.3 is 16.0 Å². The molecule has 0 radical (unpaired) electrons. The van der Waals surface area contributed by atoms with Crippen LogP contribution in [0.1, 0.15) is 31.2 Å². The standard InChI is InChI=1S/C23H34N6/c1-24-23(27-16-8-7-15-26-22-13-5-6-14-25-22)28-18-21-12-9-17-29(21)19-20-10-3-2-4-11-20/h2-6,10-11,13-14,21H,7-9,12,15-19H2,1H3,(H,25,26)(H2,24,27,28). The maximum absolute atomic E-state index is 4.37. The molecule has 29 heavy (non-hydrogen) atoms. The second-order valence-electron chi connectivity index (χ2n) is 7.48. The number of pyridine rings is 1. The first-order valence-electron chi connectivity index (χ1n) is 10.7. The monoisotopic (exact) mass is 394 g/mol. The number of hydrogen-bond acceptors (Lipinski definition) is 4. The van der Waals surface area contributed by atoms with Crippen molar-refractivity contribution in [2.45, 2.75) is 38.3 Å². The summed E-state index contributed by atoms with van der Waals surface area (Å²) in [5.41, 5.74) is 1.39. The molecule has 1 atom stereocenters. The average Bonchev–Trinajstić information content (AvgIpc) is 3.21. The topological polar surface area (TPSA) is 64.6 Å². The second-order valence-corrected chi connectivity index (χ2v) is 7.48. The Morgan fingerprint density at radius 1 is 1.07 bits per heavy atom. The van der Waals surface area contributed by atoms with Crippen LogP contribution in [0, 0.1) is 0 Å². The largest absolute Gasteiger partial charge is 0.370 e. The van der Waals surface area contributed by atoms with Gasteiger partial charge in [0.15, 0.2) is 5.96 Å². The first-order valence-corrected chi connectivity index (χ1v) is 10.7. The molecule has 1 fully saturated rings. The summed E-state index contributed by atoms with van der Waals surface area (Å²) in [5, 5.41) is 10.3. The third-order valence-corrected chi connectivity index (χ3v) is 5.32. The molecule has 2 heterocycles. The number of nitrogens with one attached hydrogen (secondary N) is 3. The van der Waals surface area contributed by atoms with E-state index in [1.807, 2.05) is 31.4 Å². The van der Waals surface area contributed by atoms with Gasteiger partial charge in [0.1, 0.15) is 5.82 Å². The zero-order valence-corrected chi connectivity index (χ0v) is 17.5. The van der Waals surface area contributed by atoms with E-state index in [4.69, 9.17) is 0 Å². The smallest absolute Gasteiger partial charge is 0.191 e. The lowest BCUT2D eigenvalue weighted by atomic mass is 10.2. The maximum Gasteiger partial charge on any atom is 0.191 e. The number of guanidine groups is 1. The molecule has 0 aliphatic carbocycles. The third kappa shape index (κ3) is 7.38. The van der Waals surface area contributed by atoms with Crippen LogP contribution in [-0.4, -0.2) is 55.1 Å². The van der Waals surface area contributed by atoms with Gasteiger partial charge in [-0.2, -0.15) is 0 Å². The Hall–Kier alpha value is -2.60. The van der Waals surface area contributed by atoms with Crippen molar-refractivity contribution >= 4 is 11.8 Å². The molecule has 1 unspecified atom stereocenters. The van der Waals surface area contributed by atoms with Crippen LogP contribution in [0.3, 0.4) is 0 Å². The van der Waals surface area contributed by atoms with Gasteiger partial charge in [-0.05, 0) is 49.9 Å². The van der Waals surface area contributed by atoms with Crippen LogP contribution < -0.4 is 16.0 Å². The molecule has 0 spiro atoms. The highest BCUT2D eigenvalue weighted by molar-refractivity contribution is 5.79. The van der Waals surface area contributed by atoms with Crippen molar-refractivity contribution in [3.63, 3.8) is 0 Å². The van der Waals surface area contributed by atoms with Gasteiger partial charge in [0, 0.05) is 45.5 Å². The molecular weight excluding hydrogens is 360 g/mol. The lowest BCUT2D eigenvalue weighted by Crippen LogP contribution is -2.44. The van der Waals surface area contributed by atoms with E-state index in [9.17, 15) is 0 Å². The number of rotatable bonds is 10. The average molecular weight is 395 g/mol. The lowest BCUT2D eigenvalue weighted by Gasteiger charge is -2.25. The zero-order chi connectivity index (χ0) is 20.2. The van der Waals surface area contributed by atoms with Crippen LogP contribution in [0.4, 0.5) is 5.82 Å². The number of benzene rings is 1. The summed E-state index contributed by atoms with van der Waals surface area (Å²) in [5.74, 6) is 1.84. The number of hydrogen-bond donors (Lipinski definition) is 3. The van der Waals surface area contributed by atoms with E-state index in [1.54, 1.807) is 0 Å². The number of aliphatic imine (C=N–C) groups is 1. The van der Waals surface area contributed by atoms with E-state index >= 15 is 0 Å². The molecule has 0 saturated carbocycles. The minimum atomic E-state index is 0.566. The van der Waals surface area contributed by atoms with E-state index < -0.39 is 0 Å². The fourth-order valence-corrected chi connectivity index (χ4v) is 3.73. The van der Waals surface area contributed by atoms with Crippen molar-refractivity contribution in [1.82, 2.24) is 20.5 Å². The minimum absolute atomic E-state index is 0.566. The van der Waals surface area contributed by atoms with Crippen molar-refractivity contribution in [2.75, 3.05) is 38.5 Å². The summed E-state index contributed by atoms with van der Waals surface area (Å²) in [6, 6.07) is 17.2. The van der Waals surface area contributed by atoms with E-state index in [0.29, 0.717) is 6.04 Å². The van der Waals surface area contributed by atoms with E-state index in [-0.39, 0.29) is 0 Å². The van der Waals surface area contributed by atoms with Gasteiger partial charge in [-0.1, -0.05) is 36.4 Å². The van der Waals surface area contributed by atoms with Gasteiger partial charge in [0.05, 0.1) is 0 Å².